The van der Waals surface area contributed by atoms with Crippen LogP contribution in [0.4, 0.5) is 0 Å². The molecule has 0 radical (unpaired) electrons. The second-order valence-electron chi connectivity index (χ2n) is 5.81. The predicted octanol–water partition coefficient (Wildman–Crippen LogP) is 2.21. The van der Waals surface area contributed by atoms with Crippen molar-refractivity contribution in [2.45, 2.75) is 18.9 Å². The van der Waals surface area contributed by atoms with Gasteiger partial charge in [0.25, 0.3) is 0 Å². The molecule has 0 bridgehead atoms. The molecule has 1 atom stereocenters. The lowest BCUT2D eigenvalue weighted by atomic mass is 9.88. The Kier molecular flexibility index (Phi) is 5.23. The fourth-order valence-corrected chi connectivity index (χ4v) is 3.03. The highest BCUT2D eigenvalue weighted by Crippen LogP contribution is 2.29. The van der Waals surface area contributed by atoms with Gasteiger partial charge in [-0.25, -0.2) is 4.79 Å². The Morgan fingerprint density at radius 2 is 2.08 bits per heavy atom. The molecule has 5 nitrogen and oxygen atoms in total. The minimum Gasteiger partial charge on any atom is -0.464 e. The van der Waals surface area contributed by atoms with Gasteiger partial charge in [0.15, 0.2) is 5.60 Å². The Labute approximate surface area is 142 Å². The summed E-state index contributed by atoms with van der Waals surface area (Å²) in [6, 6.07) is 12.0. The summed E-state index contributed by atoms with van der Waals surface area (Å²) in [7, 11) is 0. The van der Waals surface area contributed by atoms with Crippen molar-refractivity contribution in [2.24, 2.45) is 0 Å². The maximum absolute atomic E-state index is 12.6. The zero-order valence-electron chi connectivity index (χ0n) is 13.8. The van der Waals surface area contributed by atoms with Crippen LogP contribution in [0, 0.1) is 0 Å². The highest BCUT2D eigenvalue weighted by atomic mass is 16.6. The van der Waals surface area contributed by atoms with E-state index in [4.69, 9.17) is 9.47 Å². The maximum atomic E-state index is 12.6. The third kappa shape index (κ3) is 3.47. The molecule has 2 aromatic rings. The van der Waals surface area contributed by atoms with E-state index in [0.717, 1.165) is 23.2 Å². The average Bonchev–Trinajstić information content (AvgIpc) is 2.64. The van der Waals surface area contributed by atoms with Gasteiger partial charge in [0.1, 0.15) is 0 Å². The lowest BCUT2D eigenvalue weighted by Gasteiger charge is -2.36. The first-order valence-corrected chi connectivity index (χ1v) is 8.25. The van der Waals surface area contributed by atoms with Gasteiger partial charge in [0.05, 0.1) is 13.2 Å². The van der Waals surface area contributed by atoms with Gasteiger partial charge < -0.3 is 14.8 Å². The third-order valence-electron chi connectivity index (χ3n) is 4.20. The molecule has 0 amide bonds. The third-order valence-corrected chi connectivity index (χ3v) is 4.20. The van der Waals surface area contributed by atoms with Gasteiger partial charge >= 0.3 is 5.97 Å². The van der Waals surface area contributed by atoms with Crippen LogP contribution < -0.4 is 5.32 Å². The Balaban J connectivity index is 1.95. The zero-order chi connectivity index (χ0) is 16.8. The number of nitrogens with one attached hydrogen (secondary N) is 1. The van der Waals surface area contributed by atoms with Gasteiger partial charge in [-0.3, -0.25) is 4.98 Å². The number of aromatic nitrogens is 1. The molecule has 1 aromatic heterocycles. The van der Waals surface area contributed by atoms with Crippen molar-refractivity contribution in [2.75, 3.05) is 26.3 Å². The van der Waals surface area contributed by atoms with Gasteiger partial charge in [-0.15, -0.1) is 0 Å². The largest absolute Gasteiger partial charge is 0.464 e. The van der Waals surface area contributed by atoms with Crippen molar-refractivity contribution in [3.8, 4) is 11.1 Å². The molecule has 126 valence electrons. The molecule has 1 aliphatic rings. The van der Waals surface area contributed by atoms with Gasteiger partial charge in [-0.2, -0.15) is 0 Å². The molecule has 0 aliphatic carbocycles. The minimum absolute atomic E-state index is 0.304. The van der Waals surface area contributed by atoms with Crippen LogP contribution in [0.3, 0.4) is 0 Å². The molecule has 0 spiro atoms. The number of esters is 1. The summed E-state index contributed by atoms with van der Waals surface area (Å²) in [5.74, 6) is -0.304. The molecule has 1 unspecified atom stereocenters. The van der Waals surface area contributed by atoms with E-state index in [1.54, 1.807) is 12.4 Å². The van der Waals surface area contributed by atoms with Crippen LogP contribution in [-0.2, 0) is 20.7 Å². The second kappa shape index (κ2) is 7.55. The molecular formula is C19H22N2O3. The van der Waals surface area contributed by atoms with E-state index in [-0.39, 0.29) is 5.97 Å². The van der Waals surface area contributed by atoms with E-state index in [1.807, 2.05) is 37.3 Å². The molecular weight excluding hydrogens is 304 g/mol. The maximum Gasteiger partial charge on any atom is 0.340 e. The number of carbonyl (C=O) groups excluding carboxylic acids is 1. The summed E-state index contributed by atoms with van der Waals surface area (Å²) in [4.78, 5) is 16.6. The second-order valence-corrected chi connectivity index (χ2v) is 5.81. The first kappa shape index (κ1) is 16.6. The summed E-state index contributed by atoms with van der Waals surface area (Å²) in [6.45, 7) is 3.85. The number of hydrogen-bond acceptors (Lipinski definition) is 5. The lowest BCUT2D eigenvalue weighted by Crippen LogP contribution is -2.57. The van der Waals surface area contributed by atoms with Crippen LogP contribution in [0.2, 0.25) is 0 Å². The van der Waals surface area contributed by atoms with Crippen LogP contribution in [-0.4, -0.2) is 42.9 Å². The van der Waals surface area contributed by atoms with Gasteiger partial charge in [0.2, 0.25) is 0 Å². The number of morpholine rings is 1. The van der Waals surface area contributed by atoms with Crippen molar-refractivity contribution in [1.29, 1.82) is 0 Å². The highest BCUT2D eigenvalue weighted by molar-refractivity contribution is 5.81. The number of rotatable bonds is 5. The van der Waals surface area contributed by atoms with Crippen molar-refractivity contribution >= 4 is 5.97 Å². The average molecular weight is 326 g/mol. The van der Waals surface area contributed by atoms with Gasteiger partial charge in [-0.05, 0) is 35.7 Å². The van der Waals surface area contributed by atoms with Crippen molar-refractivity contribution < 1.29 is 14.3 Å². The van der Waals surface area contributed by atoms with E-state index in [2.05, 4.69) is 16.4 Å². The Bertz CT molecular complexity index is 682. The molecule has 0 saturated carbocycles. The molecule has 1 fully saturated rings. The van der Waals surface area contributed by atoms with Crippen LogP contribution in [0.25, 0.3) is 11.1 Å². The standard InChI is InChI=1S/C19H22N2O3/c1-2-23-18(22)19(14-21-11-12-24-19)13-16-5-3-4-6-17(16)15-7-9-20-10-8-15/h3-10,21H,2,11-14H2,1H3. The topological polar surface area (TPSA) is 60.5 Å². The van der Waals surface area contributed by atoms with Gasteiger partial charge in [0, 0.05) is 31.9 Å². The highest BCUT2D eigenvalue weighted by Gasteiger charge is 2.43. The van der Waals surface area contributed by atoms with Crippen LogP contribution in [0.1, 0.15) is 12.5 Å². The molecule has 2 heterocycles. The normalized spacial score (nSPS) is 20.5. The van der Waals surface area contributed by atoms with E-state index in [9.17, 15) is 4.79 Å². The van der Waals surface area contributed by atoms with Crippen LogP contribution in [0.5, 0.6) is 0 Å². The number of pyridine rings is 1. The van der Waals surface area contributed by atoms with Crippen molar-refractivity contribution in [3.05, 3.63) is 54.4 Å². The summed E-state index contributed by atoms with van der Waals surface area (Å²) < 4.78 is 11.2. The smallest absolute Gasteiger partial charge is 0.340 e. The Morgan fingerprint density at radius 1 is 1.29 bits per heavy atom. The van der Waals surface area contributed by atoms with Crippen molar-refractivity contribution in [1.82, 2.24) is 10.3 Å². The van der Waals surface area contributed by atoms with E-state index < -0.39 is 5.60 Å². The molecule has 3 rings (SSSR count). The summed E-state index contributed by atoms with van der Waals surface area (Å²) in [6.07, 6.45) is 4.01. The lowest BCUT2D eigenvalue weighted by molar-refractivity contribution is -0.175. The monoisotopic (exact) mass is 326 g/mol. The van der Waals surface area contributed by atoms with E-state index in [1.165, 1.54) is 0 Å². The number of benzene rings is 1. The first-order chi connectivity index (χ1) is 11.7. The van der Waals surface area contributed by atoms with Crippen LogP contribution in [0.15, 0.2) is 48.8 Å². The zero-order valence-corrected chi connectivity index (χ0v) is 13.8. The summed E-state index contributed by atoms with van der Waals surface area (Å²) >= 11 is 0. The summed E-state index contributed by atoms with van der Waals surface area (Å²) in [5.41, 5.74) is 2.23. The fraction of sp³-hybridized carbons (Fsp3) is 0.368. The minimum atomic E-state index is -0.975. The Hall–Kier alpha value is -2.24. The Morgan fingerprint density at radius 3 is 2.79 bits per heavy atom. The van der Waals surface area contributed by atoms with E-state index >= 15 is 0 Å². The first-order valence-electron chi connectivity index (χ1n) is 8.25. The van der Waals surface area contributed by atoms with Crippen LogP contribution >= 0.6 is 0 Å². The van der Waals surface area contributed by atoms with E-state index in [0.29, 0.717) is 26.2 Å². The molecule has 1 aliphatic heterocycles. The number of ether oxygens (including phenoxy) is 2. The molecule has 1 aromatic carbocycles. The molecule has 1 N–H and O–H groups in total. The predicted molar refractivity (Wildman–Crippen MR) is 91.6 cm³/mol. The number of carbonyl (C=O) groups is 1. The fourth-order valence-electron chi connectivity index (χ4n) is 3.03. The molecule has 5 heteroatoms. The van der Waals surface area contributed by atoms with Crippen molar-refractivity contribution in [3.63, 3.8) is 0 Å². The molecule has 1 saturated heterocycles. The quantitative estimate of drug-likeness (QED) is 0.854. The summed E-state index contributed by atoms with van der Waals surface area (Å²) in [5, 5.41) is 3.26. The van der Waals surface area contributed by atoms with Gasteiger partial charge in [-0.1, -0.05) is 24.3 Å². The number of nitrogens with zero attached hydrogens (tertiary/aromatic N) is 1. The molecule has 24 heavy (non-hydrogen) atoms. The SMILES string of the molecule is CCOC(=O)C1(Cc2ccccc2-c2ccncc2)CNCCO1. The number of hydrogen-bond donors (Lipinski definition) is 1.